The summed E-state index contributed by atoms with van der Waals surface area (Å²) >= 11 is 8.00. The number of aryl methyl sites for hydroxylation is 1. The summed E-state index contributed by atoms with van der Waals surface area (Å²) in [4.78, 5) is 50.2. The molecule has 5 rings (SSSR count). The van der Waals surface area contributed by atoms with Crippen LogP contribution in [0.4, 0.5) is 5.13 Å². The van der Waals surface area contributed by atoms with Crippen molar-refractivity contribution in [1.29, 1.82) is 0 Å². The third kappa shape index (κ3) is 5.55. The maximum Gasteiger partial charge on any atom is 0.252 e. The maximum atomic E-state index is 13.6. The Labute approximate surface area is 237 Å². The molecule has 0 aliphatic carbocycles. The molecule has 0 bridgehead atoms. The number of anilines is 1. The normalized spacial score (nSPS) is 25.1. The number of Topliss-reactive ketones (excluding diaryl/α,β-unsaturated/α-hetero) is 1. The van der Waals surface area contributed by atoms with Gasteiger partial charge in [0.25, 0.3) is 5.91 Å². The van der Waals surface area contributed by atoms with Crippen molar-refractivity contribution in [2.24, 2.45) is 0 Å². The third-order valence-electron chi connectivity index (χ3n) is 7.83. The van der Waals surface area contributed by atoms with Gasteiger partial charge in [-0.3, -0.25) is 14.4 Å². The molecule has 4 heterocycles. The molecule has 2 aromatic rings. The molecular formula is C27H34ClN5O5S. The van der Waals surface area contributed by atoms with E-state index in [2.05, 4.69) is 22.2 Å². The van der Waals surface area contributed by atoms with Crippen LogP contribution in [-0.2, 0) is 19.1 Å². The Morgan fingerprint density at radius 1 is 1.26 bits per heavy atom. The van der Waals surface area contributed by atoms with Crippen molar-refractivity contribution < 1.29 is 23.9 Å². The van der Waals surface area contributed by atoms with Gasteiger partial charge in [0.2, 0.25) is 5.91 Å². The van der Waals surface area contributed by atoms with Crippen molar-refractivity contribution >= 4 is 45.7 Å². The fourth-order valence-corrected chi connectivity index (χ4v) is 6.60. The summed E-state index contributed by atoms with van der Waals surface area (Å²) < 4.78 is 10.9. The highest BCUT2D eigenvalue weighted by molar-refractivity contribution is 7.14. The van der Waals surface area contributed by atoms with Crippen molar-refractivity contribution in [1.82, 2.24) is 20.1 Å². The number of piperazine rings is 1. The number of rotatable bonds is 7. The Balaban J connectivity index is 1.30. The number of halogens is 1. The van der Waals surface area contributed by atoms with Crippen molar-refractivity contribution in [3.63, 3.8) is 0 Å². The number of fused-ring (bicyclic) bond motifs is 1. The molecule has 10 nitrogen and oxygen atoms in total. The smallest absolute Gasteiger partial charge is 0.252 e. The maximum absolute atomic E-state index is 13.6. The number of amides is 2. The van der Waals surface area contributed by atoms with Crippen LogP contribution in [0.1, 0.15) is 22.8 Å². The molecule has 2 amide bonds. The number of likely N-dealkylation sites (tertiary alicyclic amines) is 1. The fourth-order valence-electron chi connectivity index (χ4n) is 5.37. The van der Waals surface area contributed by atoms with Crippen LogP contribution in [0.5, 0.6) is 0 Å². The zero-order chi connectivity index (χ0) is 27.8. The van der Waals surface area contributed by atoms with E-state index >= 15 is 0 Å². The van der Waals surface area contributed by atoms with Gasteiger partial charge in [-0.2, -0.15) is 0 Å². The second-order valence-electron chi connectivity index (χ2n) is 10.4. The van der Waals surface area contributed by atoms with Crippen molar-refractivity contribution in [2.45, 2.75) is 43.5 Å². The summed E-state index contributed by atoms with van der Waals surface area (Å²) in [6.45, 7) is 7.67. The summed E-state index contributed by atoms with van der Waals surface area (Å²) in [5, 5.41) is 5.40. The molecule has 0 radical (unpaired) electrons. The number of methoxy groups -OCH3 is 1. The zero-order valence-corrected chi connectivity index (χ0v) is 24.1. The zero-order valence-electron chi connectivity index (χ0n) is 22.6. The third-order valence-corrected chi connectivity index (χ3v) is 9.12. The molecule has 5 atom stereocenters. The number of aromatic nitrogens is 1. The number of benzene rings is 1. The largest absolute Gasteiger partial charge is 0.379 e. The van der Waals surface area contributed by atoms with Crippen LogP contribution >= 0.6 is 22.9 Å². The first-order valence-corrected chi connectivity index (χ1v) is 14.4. The minimum atomic E-state index is -0.997. The summed E-state index contributed by atoms with van der Waals surface area (Å²) in [6, 6.07) is 3.69. The van der Waals surface area contributed by atoms with E-state index in [9.17, 15) is 14.4 Å². The van der Waals surface area contributed by atoms with Gasteiger partial charge < -0.3 is 29.5 Å². The van der Waals surface area contributed by atoms with Crippen LogP contribution in [0.3, 0.4) is 0 Å². The van der Waals surface area contributed by atoms with E-state index in [0.717, 1.165) is 48.1 Å². The van der Waals surface area contributed by atoms with Crippen LogP contribution in [0.15, 0.2) is 23.6 Å². The lowest BCUT2D eigenvalue weighted by molar-refractivity contribution is -0.140. The highest BCUT2D eigenvalue weighted by Crippen LogP contribution is 2.32. The SMILES string of the molecule is COC(C)C(NC(=O)c1ccc(-c2csc(N3CCN(C)CC3)n2)c(C)c1)C(=O)N1CC(Cl)C2OCC(=O)C21. The fraction of sp³-hybridized carbons (Fsp3) is 0.556. The Morgan fingerprint density at radius 3 is 2.69 bits per heavy atom. The molecule has 0 saturated carbocycles. The van der Waals surface area contributed by atoms with E-state index in [1.807, 2.05) is 18.4 Å². The van der Waals surface area contributed by atoms with Crippen LogP contribution in [0.25, 0.3) is 11.3 Å². The summed E-state index contributed by atoms with van der Waals surface area (Å²) in [7, 11) is 3.60. The van der Waals surface area contributed by atoms with Gasteiger partial charge >= 0.3 is 0 Å². The van der Waals surface area contributed by atoms with Gasteiger partial charge in [-0.15, -0.1) is 22.9 Å². The molecule has 0 spiro atoms. The Bertz CT molecular complexity index is 1250. The van der Waals surface area contributed by atoms with Gasteiger partial charge in [-0.25, -0.2) is 4.98 Å². The average Bonchev–Trinajstić information content (AvgIpc) is 3.64. The van der Waals surface area contributed by atoms with Crippen LogP contribution in [-0.4, -0.2) is 116 Å². The number of nitrogens with zero attached hydrogens (tertiary/aromatic N) is 4. The second kappa shape index (κ2) is 11.5. The number of ketones is 1. The van der Waals surface area contributed by atoms with Crippen LogP contribution in [0, 0.1) is 6.92 Å². The Hall–Kier alpha value is -2.57. The number of hydrogen-bond donors (Lipinski definition) is 1. The first kappa shape index (κ1) is 28.0. The standard InChI is InChI=1S/C27H34ClN5O5S/c1-15-11-17(5-6-18(15)20-14-39-27(29-20)32-9-7-31(3)8-10-32)25(35)30-22(16(2)37-4)26(36)33-12-19(28)24-23(33)21(34)13-38-24/h5-6,11,14,16,19,22-24H,7-10,12-13H2,1-4H3,(H,30,35). The summed E-state index contributed by atoms with van der Waals surface area (Å²) in [6.07, 6.45) is -1.16. The molecule has 5 unspecified atom stereocenters. The number of alkyl halides is 1. The van der Waals surface area contributed by atoms with Crippen molar-refractivity contribution in [2.75, 3.05) is 58.4 Å². The molecule has 3 aliphatic heterocycles. The lowest BCUT2D eigenvalue weighted by Crippen LogP contribution is -2.56. The van der Waals surface area contributed by atoms with Gasteiger partial charge in [0.15, 0.2) is 10.9 Å². The Kier molecular flexibility index (Phi) is 8.25. The summed E-state index contributed by atoms with van der Waals surface area (Å²) in [5.41, 5.74) is 3.16. The highest BCUT2D eigenvalue weighted by Gasteiger charge is 2.53. The van der Waals surface area contributed by atoms with Gasteiger partial charge in [0, 0.05) is 56.3 Å². The first-order valence-electron chi connectivity index (χ1n) is 13.1. The highest BCUT2D eigenvalue weighted by atomic mass is 35.5. The van der Waals surface area contributed by atoms with E-state index in [4.69, 9.17) is 26.1 Å². The number of carbonyl (C=O) groups excluding carboxylic acids is 3. The molecule has 39 heavy (non-hydrogen) atoms. The van der Waals surface area contributed by atoms with Gasteiger partial charge in [-0.1, -0.05) is 6.07 Å². The van der Waals surface area contributed by atoms with E-state index in [1.54, 1.807) is 30.4 Å². The molecule has 1 N–H and O–H groups in total. The number of thiazole rings is 1. The number of hydrogen-bond acceptors (Lipinski definition) is 9. The van der Waals surface area contributed by atoms with Crippen molar-refractivity contribution in [3.05, 3.63) is 34.7 Å². The minimum Gasteiger partial charge on any atom is -0.379 e. The molecule has 1 aromatic carbocycles. The van der Waals surface area contributed by atoms with Crippen molar-refractivity contribution in [3.8, 4) is 11.3 Å². The topological polar surface area (TPSA) is 104 Å². The number of likely N-dealkylation sites (N-methyl/N-ethyl adjacent to an activating group) is 1. The summed E-state index contributed by atoms with van der Waals surface area (Å²) in [5.74, 6) is -1.01. The second-order valence-corrected chi connectivity index (χ2v) is 11.8. The Morgan fingerprint density at radius 2 is 2.00 bits per heavy atom. The molecule has 3 saturated heterocycles. The number of nitrogens with one attached hydrogen (secondary N) is 1. The minimum absolute atomic E-state index is 0.0688. The van der Waals surface area contributed by atoms with E-state index in [-0.39, 0.29) is 18.9 Å². The van der Waals surface area contributed by atoms with Crippen LogP contribution in [0.2, 0.25) is 0 Å². The lowest BCUT2D eigenvalue weighted by Gasteiger charge is -2.32. The number of ether oxygens (including phenoxy) is 2. The van der Waals surface area contributed by atoms with E-state index < -0.39 is 41.5 Å². The van der Waals surface area contributed by atoms with Crippen LogP contribution < -0.4 is 10.2 Å². The molecule has 210 valence electrons. The predicted octanol–water partition coefficient (Wildman–Crippen LogP) is 1.79. The molecule has 12 heteroatoms. The molecule has 3 aliphatic rings. The van der Waals surface area contributed by atoms with Gasteiger partial charge in [-0.05, 0) is 38.6 Å². The van der Waals surface area contributed by atoms with Gasteiger partial charge in [0.05, 0.1) is 17.2 Å². The lowest BCUT2D eigenvalue weighted by atomic mass is 10.0. The molecular weight excluding hydrogens is 542 g/mol. The average molecular weight is 576 g/mol. The predicted molar refractivity (Wildman–Crippen MR) is 150 cm³/mol. The molecule has 3 fully saturated rings. The van der Waals surface area contributed by atoms with E-state index in [0.29, 0.717) is 5.56 Å². The van der Waals surface area contributed by atoms with Gasteiger partial charge in [0.1, 0.15) is 24.8 Å². The van der Waals surface area contributed by atoms with E-state index in [1.165, 1.54) is 12.0 Å². The first-order chi connectivity index (χ1) is 18.7. The molecule has 1 aromatic heterocycles. The quantitative estimate of drug-likeness (QED) is 0.499. The number of carbonyl (C=O) groups is 3. The monoisotopic (exact) mass is 575 g/mol.